The number of fused-ring (bicyclic) bond motifs is 1. The molecule has 8 nitrogen and oxygen atoms in total. The van der Waals surface area contributed by atoms with E-state index < -0.39 is 6.10 Å². The number of amides is 1. The average Bonchev–Trinajstić information content (AvgIpc) is 2.69. The quantitative estimate of drug-likeness (QED) is 0.535. The van der Waals surface area contributed by atoms with Gasteiger partial charge >= 0.3 is 0 Å². The van der Waals surface area contributed by atoms with E-state index in [1.54, 1.807) is 6.07 Å². The zero-order chi connectivity index (χ0) is 19.3. The van der Waals surface area contributed by atoms with Crippen molar-refractivity contribution in [3.05, 3.63) is 53.5 Å². The van der Waals surface area contributed by atoms with Gasteiger partial charge in [-0.05, 0) is 17.5 Å². The van der Waals surface area contributed by atoms with Gasteiger partial charge in [0.25, 0.3) is 5.91 Å². The van der Waals surface area contributed by atoms with Crippen LogP contribution < -0.4 is 16.0 Å². The molecule has 0 aliphatic carbocycles. The van der Waals surface area contributed by atoms with Gasteiger partial charge < -0.3 is 21.1 Å². The number of carbonyl (C=O) groups is 1. The molecule has 8 heteroatoms. The minimum Gasteiger partial charge on any atom is -0.390 e. The number of β-amino-alcohol motifs (C(OH)–C–C–N with tert-alkyl or cyclic N) is 1. The maximum Gasteiger partial charge on any atom is 0.270 e. The molecule has 0 spiro atoms. The van der Waals surface area contributed by atoms with E-state index in [-0.39, 0.29) is 12.5 Å². The first-order valence-electron chi connectivity index (χ1n) is 9.72. The number of anilines is 1. The van der Waals surface area contributed by atoms with Crippen molar-refractivity contribution in [3.8, 4) is 0 Å². The van der Waals surface area contributed by atoms with Crippen molar-refractivity contribution < 1.29 is 9.90 Å². The summed E-state index contributed by atoms with van der Waals surface area (Å²) in [6.45, 7) is 4.24. The summed E-state index contributed by atoms with van der Waals surface area (Å²) in [4.78, 5) is 22.8. The molecule has 148 valence electrons. The van der Waals surface area contributed by atoms with E-state index in [0.717, 1.165) is 32.6 Å². The first kappa shape index (κ1) is 18.8. The van der Waals surface area contributed by atoms with Gasteiger partial charge in [-0.3, -0.25) is 9.69 Å². The first-order chi connectivity index (χ1) is 13.7. The SMILES string of the molecule is O=C(NCC(O)CN1CCc2ccccc2C1)c1cc(NC2CNC2)ncn1. The Hall–Kier alpha value is -2.55. The number of nitrogens with zero attached hydrogens (tertiary/aromatic N) is 3. The van der Waals surface area contributed by atoms with E-state index in [2.05, 4.69) is 49.0 Å². The maximum absolute atomic E-state index is 12.4. The lowest BCUT2D eigenvalue weighted by atomic mass is 10.00. The van der Waals surface area contributed by atoms with Gasteiger partial charge in [-0.15, -0.1) is 0 Å². The van der Waals surface area contributed by atoms with E-state index in [9.17, 15) is 9.90 Å². The van der Waals surface area contributed by atoms with Gasteiger partial charge in [-0.1, -0.05) is 24.3 Å². The summed E-state index contributed by atoms with van der Waals surface area (Å²) in [5.41, 5.74) is 2.99. The Morgan fingerprint density at radius 1 is 1.29 bits per heavy atom. The number of aromatic nitrogens is 2. The van der Waals surface area contributed by atoms with Crippen molar-refractivity contribution in [2.45, 2.75) is 25.1 Å². The molecule has 2 aromatic rings. The molecule has 4 N–H and O–H groups in total. The molecular weight excluding hydrogens is 356 g/mol. The van der Waals surface area contributed by atoms with Crippen LogP contribution in [0.15, 0.2) is 36.7 Å². The molecule has 1 aromatic carbocycles. The van der Waals surface area contributed by atoms with Crippen LogP contribution in [0.5, 0.6) is 0 Å². The molecule has 4 rings (SSSR count). The lowest BCUT2D eigenvalue weighted by molar-refractivity contribution is 0.0838. The van der Waals surface area contributed by atoms with Crippen LogP contribution in [0.25, 0.3) is 0 Å². The third-order valence-corrected chi connectivity index (χ3v) is 5.21. The van der Waals surface area contributed by atoms with E-state index in [4.69, 9.17) is 0 Å². The molecule has 2 aliphatic rings. The maximum atomic E-state index is 12.4. The highest BCUT2D eigenvalue weighted by atomic mass is 16.3. The average molecular weight is 382 g/mol. The van der Waals surface area contributed by atoms with Gasteiger partial charge in [0.05, 0.1) is 12.1 Å². The van der Waals surface area contributed by atoms with E-state index in [0.29, 0.717) is 24.1 Å². The van der Waals surface area contributed by atoms with Crippen molar-refractivity contribution in [1.29, 1.82) is 0 Å². The van der Waals surface area contributed by atoms with Crippen LogP contribution in [0.4, 0.5) is 5.82 Å². The number of aliphatic hydroxyl groups excluding tert-OH is 1. The van der Waals surface area contributed by atoms with Gasteiger partial charge in [0.1, 0.15) is 17.8 Å². The molecule has 1 aromatic heterocycles. The minimum atomic E-state index is -0.630. The zero-order valence-electron chi connectivity index (χ0n) is 15.8. The van der Waals surface area contributed by atoms with Gasteiger partial charge in [0.15, 0.2) is 0 Å². The van der Waals surface area contributed by atoms with Crippen LogP contribution in [0.1, 0.15) is 21.6 Å². The predicted molar refractivity (Wildman–Crippen MR) is 106 cm³/mol. The molecule has 3 heterocycles. The molecule has 1 saturated heterocycles. The summed E-state index contributed by atoms with van der Waals surface area (Å²) in [7, 11) is 0. The summed E-state index contributed by atoms with van der Waals surface area (Å²) in [5, 5.41) is 19.5. The monoisotopic (exact) mass is 382 g/mol. The topological polar surface area (TPSA) is 102 Å². The molecule has 2 aliphatic heterocycles. The van der Waals surface area contributed by atoms with Crippen molar-refractivity contribution in [1.82, 2.24) is 25.5 Å². The molecule has 1 amide bonds. The van der Waals surface area contributed by atoms with Crippen LogP contribution >= 0.6 is 0 Å². The van der Waals surface area contributed by atoms with Crippen LogP contribution in [0, 0.1) is 0 Å². The van der Waals surface area contributed by atoms with Crippen molar-refractivity contribution >= 4 is 11.7 Å². The second-order valence-corrected chi connectivity index (χ2v) is 7.41. The number of hydrogen-bond acceptors (Lipinski definition) is 7. The van der Waals surface area contributed by atoms with Gasteiger partial charge in [-0.2, -0.15) is 0 Å². The second kappa shape index (κ2) is 8.64. The number of nitrogens with one attached hydrogen (secondary N) is 3. The van der Waals surface area contributed by atoms with Gasteiger partial charge in [0.2, 0.25) is 0 Å². The standard InChI is InChI=1S/C20H26N6O2/c27-17(12-26-6-5-14-3-1-2-4-15(14)11-26)10-22-20(28)18-7-19(24-13-23-18)25-16-8-21-9-16/h1-4,7,13,16-17,21,27H,5-6,8-12H2,(H,22,28)(H,23,24,25). The molecule has 1 fully saturated rings. The van der Waals surface area contributed by atoms with Crippen molar-refractivity contribution in [2.24, 2.45) is 0 Å². The molecule has 1 atom stereocenters. The summed E-state index contributed by atoms with van der Waals surface area (Å²) >= 11 is 0. The van der Waals surface area contributed by atoms with E-state index in [1.807, 2.05) is 6.07 Å². The summed E-state index contributed by atoms with van der Waals surface area (Å²) in [6, 6.07) is 10.4. The third-order valence-electron chi connectivity index (χ3n) is 5.21. The summed E-state index contributed by atoms with van der Waals surface area (Å²) in [5.74, 6) is 0.333. The fourth-order valence-corrected chi connectivity index (χ4v) is 3.53. The molecule has 28 heavy (non-hydrogen) atoms. The minimum absolute atomic E-state index is 0.191. The number of rotatable bonds is 7. The van der Waals surface area contributed by atoms with Crippen LogP contribution in [-0.4, -0.2) is 70.8 Å². The lowest BCUT2D eigenvalue weighted by Crippen LogP contribution is -2.51. The highest BCUT2D eigenvalue weighted by molar-refractivity contribution is 5.92. The highest BCUT2D eigenvalue weighted by Gasteiger charge is 2.20. The fraction of sp³-hybridized carbons (Fsp3) is 0.450. The molecule has 1 unspecified atom stereocenters. The number of aliphatic hydroxyl groups is 1. The number of benzene rings is 1. The van der Waals surface area contributed by atoms with Crippen LogP contribution in [0.3, 0.4) is 0 Å². The van der Waals surface area contributed by atoms with Crippen LogP contribution in [0.2, 0.25) is 0 Å². The molecule has 0 bridgehead atoms. The zero-order valence-corrected chi connectivity index (χ0v) is 15.8. The van der Waals surface area contributed by atoms with E-state index in [1.165, 1.54) is 17.5 Å². The normalized spacial score (nSPS) is 18.0. The fourth-order valence-electron chi connectivity index (χ4n) is 3.53. The van der Waals surface area contributed by atoms with Crippen molar-refractivity contribution in [3.63, 3.8) is 0 Å². The summed E-state index contributed by atoms with van der Waals surface area (Å²) < 4.78 is 0. The Kier molecular flexibility index (Phi) is 5.80. The Morgan fingerprint density at radius 3 is 2.89 bits per heavy atom. The van der Waals surface area contributed by atoms with Gasteiger partial charge in [0, 0.05) is 45.3 Å². The summed E-state index contributed by atoms with van der Waals surface area (Å²) in [6.07, 6.45) is 1.74. The Balaban J connectivity index is 1.25. The smallest absolute Gasteiger partial charge is 0.270 e. The first-order valence-corrected chi connectivity index (χ1v) is 9.72. The Morgan fingerprint density at radius 2 is 2.11 bits per heavy atom. The molecular formula is C20H26N6O2. The Labute approximate surface area is 164 Å². The highest BCUT2D eigenvalue weighted by Crippen LogP contribution is 2.18. The lowest BCUT2D eigenvalue weighted by Gasteiger charge is -2.30. The van der Waals surface area contributed by atoms with Gasteiger partial charge in [-0.25, -0.2) is 9.97 Å². The third kappa shape index (κ3) is 4.64. The molecule has 0 saturated carbocycles. The van der Waals surface area contributed by atoms with Crippen LogP contribution in [-0.2, 0) is 13.0 Å². The Bertz CT molecular complexity index is 826. The van der Waals surface area contributed by atoms with Crippen molar-refractivity contribution in [2.75, 3.05) is 38.0 Å². The second-order valence-electron chi connectivity index (χ2n) is 7.41. The predicted octanol–water partition coefficient (Wildman–Crippen LogP) is 0.00930. The number of hydrogen-bond donors (Lipinski definition) is 4. The molecule has 0 radical (unpaired) electrons. The largest absolute Gasteiger partial charge is 0.390 e. The van der Waals surface area contributed by atoms with E-state index >= 15 is 0 Å². The number of carbonyl (C=O) groups excluding carboxylic acids is 1.